The summed E-state index contributed by atoms with van der Waals surface area (Å²) in [6.07, 6.45) is -0.624. The van der Waals surface area contributed by atoms with E-state index in [0.29, 0.717) is 13.2 Å². The molecule has 0 saturated heterocycles. The molecule has 0 aliphatic rings. The summed E-state index contributed by atoms with van der Waals surface area (Å²) in [7, 11) is 1.44. The van der Waals surface area contributed by atoms with Crippen LogP contribution in [0.4, 0.5) is 4.79 Å². The topological polar surface area (TPSA) is 79.5 Å². The first-order valence-electron chi connectivity index (χ1n) is 4.96. The largest absolute Gasteiger partial charge is 0.367 e. The van der Waals surface area contributed by atoms with E-state index in [0.717, 1.165) is 6.54 Å². The number of hydrogen-bond acceptors (Lipinski definition) is 4. The van der Waals surface area contributed by atoms with Crippen LogP contribution in [0.25, 0.3) is 0 Å². The van der Waals surface area contributed by atoms with Gasteiger partial charge in [0.1, 0.15) is 6.10 Å². The lowest BCUT2D eigenvalue weighted by Crippen LogP contribution is -2.43. The molecule has 0 radical (unpaired) electrons. The molecular formula is C9H19N3O3. The number of rotatable bonds is 6. The van der Waals surface area contributed by atoms with Crippen LogP contribution in [0, 0.1) is 0 Å². The van der Waals surface area contributed by atoms with Crippen LogP contribution in [0.5, 0.6) is 0 Å². The van der Waals surface area contributed by atoms with Crippen LogP contribution in [0.1, 0.15) is 13.8 Å². The van der Waals surface area contributed by atoms with Crippen molar-refractivity contribution in [2.24, 2.45) is 0 Å². The van der Waals surface area contributed by atoms with E-state index in [-0.39, 0.29) is 0 Å². The van der Waals surface area contributed by atoms with Crippen molar-refractivity contribution in [3.8, 4) is 0 Å². The zero-order valence-electron chi connectivity index (χ0n) is 9.42. The molecule has 1 atom stereocenters. The first kappa shape index (κ1) is 13.9. The fraction of sp³-hybridized carbons (Fsp3) is 0.778. The highest BCUT2D eigenvalue weighted by Crippen LogP contribution is 1.89. The number of carbonyl (C=O) groups excluding carboxylic acids is 2. The molecule has 0 fully saturated rings. The standard InChI is InChI=1S/C9H19N3O3/c1-4-11-5-6-15-7(2)8(13)12-9(14)10-3/h7,11H,4-6H2,1-3H3,(H2,10,12,13,14). The maximum atomic E-state index is 11.3. The Bertz CT molecular complexity index is 209. The quantitative estimate of drug-likeness (QED) is 0.522. The number of carbonyl (C=O) groups is 2. The summed E-state index contributed by atoms with van der Waals surface area (Å²) in [5, 5.41) is 7.48. The van der Waals surface area contributed by atoms with Crippen molar-refractivity contribution in [2.45, 2.75) is 20.0 Å². The summed E-state index contributed by atoms with van der Waals surface area (Å²) in [5.74, 6) is -0.439. The Balaban J connectivity index is 3.64. The van der Waals surface area contributed by atoms with Crippen LogP contribution in [-0.4, -0.2) is 44.8 Å². The van der Waals surface area contributed by atoms with Gasteiger partial charge in [-0.25, -0.2) is 4.79 Å². The van der Waals surface area contributed by atoms with Gasteiger partial charge in [0.15, 0.2) is 0 Å². The van der Waals surface area contributed by atoms with Gasteiger partial charge in [-0.1, -0.05) is 6.92 Å². The molecule has 0 aromatic rings. The van der Waals surface area contributed by atoms with E-state index in [9.17, 15) is 9.59 Å². The first-order chi connectivity index (χ1) is 7.11. The fourth-order valence-electron chi connectivity index (χ4n) is 0.836. The molecule has 0 heterocycles. The summed E-state index contributed by atoms with van der Waals surface area (Å²) in [6.45, 7) is 5.58. The van der Waals surface area contributed by atoms with Crippen LogP contribution in [-0.2, 0) is 9.53 Å². The minimum atomic E-state index is -0.624. The Morgan fingerprint density at radius 2 is 2.07 bits per heavy atom. The number of likely N-dealkylation sites (N-methyl/N-ethyl adjacent to an activating group) is 1. The van der Waals surface area contributed by atoms with Gasteiger partial charge in [-0.3, -0.25) is 10.1 Å². The summed E-state index contributed by atoms with van der Waals surface area (Å²) < 4.78 is 5.20. The third-order valence-electron chi connectivity index (χ3n) is 1.73. The van der Waals surface area contributed by atoms with Crippen LogP contribution in [0.3, 0.4) is 0 Å². The summed E-state index contributed by atoms with van der Waals surface area (Å²) in [5.41, 5.74) is 0. The molecule has 6 nitrogen and oxygen atoms in total. The highest BCUT2D eigenvalue weighted by atomic mass is 16.5. The summed E-state index contributed by atoms with van der Waals surface area (Å²) in [4.78, 5) is 22.1. The minimum Gasteiger partial charge on any atom is -0.367 e. The summed E-state index contributed by atoms with van der Waals surface area (Å²) in [6, 6.07) is -0.526. The Labute approximate surface area is 89.7 Å². The second kappa shape index (κ2) is 8.19. The van der Waals surface area contributed by atoms with E-state index >= 15 is 0 Å². The molecule has 3 amide bonds. The van der Waals surface area contributed by atoms with Gasteiger partial charge in [-0.15, -0.1) is 0 Å². The molecule has 0 saturated carbocycles. The number of imide groups is 1. The smallest absolute Gasteiger partial charge is 0.321 e. The highest BCUT2D eigenvalue weighted by molar-refractivity contribution is 5.96. The van der Waals surface area contributed by atoms with Crippen molar-refractivity contribution < 1.29 is 14.3 Å². The molecule has 0 rings (SSSR count). The van der Waals surface area contributed by atoms with Crippen LogP contribution in [0.2, 0.25) is 0 Å². The van der Waals surface area contributed by atoms with Gasteiger partial charge in [0, 0.05) is 13.6 Å². The van der Waals surface area contributed by atoms with Gasteiger partial charge in [0.2, 0.25) is 0 Å². The van der Waals surface area contributed by atoms with Crippen LogP contribution in [0.15, 0.2) is 0 Å². The lowest BCUT2D eigenvalue weighted by molar-refractivity contribution is -0.130. The molecule has 6 heteroatoms. The molecule has 3 N–H and O–H groups in total. The molecular weight excluding hydrogens is 198 g/mol. The normalized spacial score (nSPS) is 11.9. The van der Waals surface area contributed by atoms with Gasteiger partial charge in [-0.2, -0.15) is 0 Å². The first-order valence-corrected chi connectivity index (χ1v) is 4.96. The molecule has 15 heavy (non-hydrogen) atoms. The van der Waals surface area contributed by atoms with Crippen molar-refractivity contribution >= 4 is 11.9 Å². The molecule has 88 valence electrons. The Morgan fingerprint density at radius 1 is 1.40 bits per heavy atom. The minimum absolute atomic E-state index is 0.439. The van der Waals surface area contributed by atoms with Gasteiger partial charge in [0.25, 0.3) is 5.91 Å². The molecule has 0 aliphatic carbocycles. The zero-order valence-corrected chi connectivity index (χ0v) is 9.42. The molecule has 0 aliphatic heterocycles. The third-order valence-corrected chi connectivity index (χ3v) is 1.73. The van der Waals surface area contributed by atoms with Crippen molar-refractivity contribution in [1.82, 2.24) is 16.0 Å². The Hall–Kier alpha value is -1.14. The second-order valence-corrected chi connectivity index (χ2v) is 2.93. The third kappa shape index (κ3) is 6.87. The lowest BCUT2D eigenvalue weighted by Gasteiger charge is -2.12. The molecule has 0 aromatic carbocycles. The second-order valence-electron chi connectivity index (χ2n) is 2.93. The average Bonchev–Trinajstić information content (AvgIpc) is 2.23. The van der Waals surface area contributed by atoms with Gasteiger partial charge >= 0.3 is 6.03 Å². The van der Waals surface area contributed by atoms with Gasteiger partial charge < -0.3 is 15.4 Å². The number of urea groups is 1. The summed E-state index contributed by atoms with van der Waals surface area (Å²) >= 11 is 0. The van der Waals surface area contributed by atoms with E-state index in [1.807, 2.05) is 6.92 Å². The molecule has 0 aromatic heterocycles. The van der Waals surface area contributed by atoms with E-state index in [4.69, 9.17) is 4.74 Å². The Morgan fingerprint density at radius 3 is 2.60 bits per heavy atom. The van der Waals surface area contributed by atoms with Crippen LogP contribution < -0.4 is 16.0 Å². The van der Waals surface area contributed by atoms with E-state index < -0.39 is 18.0 Å². The lowest BCUT2D eigenvalue weighted by atomic mass is 10.4. The monoisotopic (exact) mass is 217 g/mol. The number of nitrogens with one attached hydrogen (secondary N) is 3. The zero-order chi connectivity index (χ0) is 11.7. The van der Waals surface area contributed by atoms with Crippen molar-refractivity contribution in [2.75, 3.05) is 26.7 Å². The van der Waals surface area contributed by atoms with Crippen molar-refractivity contribution in [1.29, 1.82) is 0 Å². The maximum Gasteiger partial charge on any atom is 0.321 e. The van der Waals surface area contributed by atoms with E-state index in [2.05, 4.69) is 16.0 Å². The maximum absolute atomic E-state index is 11.3. The van der Waals surface area contributed by atoms with Gasteiger partial charge in [0.05, 0.1) is 6.61 Å². The van der Waals surface area contributed by atoms with E-state index in [1.165, 1.54) is 7.05 Å². The van der Waals surface area contributed by atoms with Crippen molar-refractivity contribution in [3.63, 3.8) is 0 Å². The highest BCUT2D eigenvalue weighted by Gasteiger charge is 2.14. The molecule has 1 unspecified atom stereocenters. The molecule has 0 spiro atoms. The predicted molar refractivity (Wildman–Crippen MR) is 56.6 cm³/mol. The number of amides is 3. The van der Waals surface area contributed by atoms with Crippen molar-refractivity contribution in [3.05, 3.63) is 0 Å². The van der Waals surface area contributed by atoms with E-state index in [1.54, 1.807) is 6.92 Å². The van der Waals surface area contributed by atoms with Gasteiger partial charge in [-0.05, 0) is 13.5 Å². The molecule has 0 bridgehead atoms. The number of ether oxygens (including phenoxy) is 1. The average molecular weight is 217 g/mol. The Kier molecular flexibility index (Phi) is 7.57. The van der Waals surface area contributed by atoms with Crippen LogP contribution >= 0.6 is 0 Å². The number of hydrogen-bond donors (Lipinski definition) is 3. The predicted octanol–water partition coefficient (Wildman–Crippen LogP) is -0.543. The fourth-order valence-corrected chi connectivity index (χ4v) is 0.836. The SMILES string of the molecule is CCNCCOC(C)C(=O)NC(=O)NC.